The van der Waals surface area contributed by atoms with E-state index in [1.54, 1.807) is 6.20 Å². The van der Waals surface area contributed by atoms with Crippen LogP contribution in [-0.2, 0) is 0 Å². The Labute approximate surface area is 96.5 Å². The Bertz CT molecular complexity index is 425. The van der Waals surface area contributed by atoms with E-state index >= 15 is 0 Å². The standard InChI is InChI=1S/C13H17N3/c1-10-5-8-15-12(11(10)9-14)16-13(2)6-3-4-7-13/h5,8H,3-4,6-7H2,1-2H3,(H,15,16). The summed E-state index contributed by atoms with van der Waals surface area (Å²) < 4.78 is 0. The molecule has 84 valence electrons. The van der Waals surface area contributed by atoms with Crippen molar-refractivity contribution in [2.75, 3.05) is 5.32 Å². The molecule has 1 aromatic rings. The van der Waals surface area contributed by atoms with Crippen LogP contribution in [0.25, 0.3) is 0 Å². The molecular formula is C13H17N3. The number of hydrogen-bond donors (Lipinski definition) is 1. The van der Waals surface area contributed by atoms with E-state index in [1.165, 1.54) is 12.8 Å². The van der Waals surface area contributed by atoms with Gasteiger partial charge in [-0.25, -0.2) is 4.98 Å². The zero-order chi connectivity index (χ0) is 11.6. The first kappa shape index (κ1) is 10.9. The van der Waals surface area contributed by atoms with Gasteiger partial charge in [0.2, 0.25) is 0 Å². The van der Waals surface area contributed by atoms with Crippen LogP contribution in [0.3, 0.4) is 0 Å². The Balaban J connectivity index is 2.28. The molecule has 0 saturated heterocycles. The Morgan fingerprint density at radius 1 is 1.44 bits per heavy atom. The minimum Gasteiger partial charge on any atom is -0.364 e. The quantitative estimate of drug-likeness (QED) is 0.825. The molecule has 16 heavy (non-hydrogen) atoms. The zero-order valence-corrected chi connectivity index (χ0v) is 9.88. The molecule has 0 amide bonds. The summed E-state index contributed by atoms with van der Waals surface area (Å²) in [7, 11) is 0. The van der Waals surface area contributed by atoms with Crippen molar-refractivity contribution in [3.8, 4) is 6.07 Å². The summed E-state index contributed by atoms with van der Waals surface area (Å²) in [5.41, 5.74) is 1.78. The molecule has 0 unspecified atom stereocenters. The molecule has 1 aliphatic rings. The maximum atomic E-state index is 9.13. The van der Waals surface area contributed by atoms with E-state index in [1.807, 2.05) is 13.0 Å². The zero-order valence-electron chi connectivity index (χ0n) is 9.88. The van der Waals surface area contributed by atoms with E-state index < -0.39 is 0 Å². The highest BCUT2D eigenvalue weighted by atomic mass is 15.1. The molecule has 1 fully saturated rings. The van der Waals surface area contributed by atoms with Gasteiger partial charge < -0.3 is 5.32 Å². The van der Waals surface area contributed by atoms with Crippen LogP contribution < -0.4 is 5.32 Å². The highest BCUT2D eigenvalue weighted by molar-refractivity contribution is 5.56. The Kier molecular flexibility index (Phi) is 2.82. The van der Waals surface area contributed by atoms with Gasteiger partial charge in [-0.15, -0.1) is 0 Å². The highest BCUT2D eigenvalue weighted by Crippen LogP contribution is 2.33. The van der Waals surface area contributed by atoms with Crippen molar-refractivity contribution in [2.24, 2.45) is 0 Å². The van der Waals surface area contributed by atoms with Gasteiger partial charge in [-0.05, 0) is 38.3 Å². The van der Waals surface area contributed by atoms with Gasteiger partial charge in [0.1, 0.15) is 11.9 Å². The van der Waals surface area contributed by atoms with Gasteiger partial charge in [0, 0.05) is 11.7 Å². The summed E-state index contributed by atoms with van der Waals surface area (Å²) in [5, 5.41) is 12.6. The molecule has 0 bridgehead atoms. The third-order valence-corrected chi connectivity index (χ3v) is 3.40. The summed E-state index contributed by atoms with van der Waals surface area (Å²) in [5.74, 6) is 0.743. The molecular weight excluding hydrogens is 198 g/mol. The van der Waals surface area contributed by atoms with Gasteiger partial charge in [0.25, 0.3) is 0 Å². The fraction of sp³-hybridized carbons (Fsp3) is 0.538. The summed E-state index contributed by atoms with van der Waals surface area (Å²) in [6.45, 7) is 4.16. The third-order valence-electron chi connectivity index (χ3n) is 3.40. The van der Waals surface area contributed by atoms with Crippen molar-refractivity contribution < 1.29 is 0 Å². The molecule has 1 heterocycles. The summed E-state index contributed by atoms with van der Waals surface area (Å²) >= 11 is 0. The molecule has 3 heteroatoms. The first-order valence-corrected chi connectivity index (χ1v) is 5.78. The van der Waals surface area contributed by atoms with Crippen LogP contribution in [0.1, 0.15) is 43.7 Å². The third kappa shape index (κ3) is 2.01. The van der Waals surface area contributed by atoms with Crippen LogP contribution in [-0.4, -0.2) is 10.5 Å². The topological polar surface area (TPSA) is 48.7 Å². The molecule has 1 saturated carbocycles. The number of nitriles is 1. The van der Waals surface area contributed by atoms with Crippen molar-refractivity contribution in [2.45, 2.75) is 45.1 Å². The van der Waals surface area contributed by atoms with Gasteiger partial charge in [0.15, 0.2) is 0 Å². The van der Waals surface area contributed by atoms with Crippen molar-refractivity contribution in [3.63, 3.8) is 0 Å². The molecule has 0 aliphatic heterocycles. The number of hydrogen-bond acceptors (Lipinski definition) is 3. The number of anilines is 1. The minimum absolute atomic E-state index is 0.117. The lowest BCUT2D eigenvalue weighted by Crippen LogP contribution is -2.31. The number of nitrogens with zero attached hydrogens (tertiary/aromatic N) is 2. The summed E-state index contributed by atoms with van der Waals surface area (Å²) in [6, 6.07) is 4.11. The molecule has 2 rings (SSSR count). The number of nitrogens with one attached hydrogen (secondary N) is 1. The molecule has 0 radical (unpaired) electrons. The predicted molar refractivity (Wildman–Crippen MR) is 64.2 cm³/mol. The van der Waals surface area contributed by atoms with E-state index in [9.17, 15) is 0 Å². The normalized spacial score (nSPS) is 18.1. The van der Waals surface area contributed by atoms with Crippen molar-refractivity contribution in [1.82, 2.24) is 4.98 Å². The van der Waals surface area contributed by atoms with Gasteiger partial charge in [-0.3, -0.25) is 0 Å². The smallest absolute Gasteiger partial charge is 0.144 e. The number of aryl methyl sites for hydroxylation is 1. The first-order chi connectivity index (χ1) is 7.64. The van der Waals surface area contributed by atoms with E-state index in [0.29, 0.717) is 5.56 Å². The lowest BCUT2D eigenvalue weighted by molar-refractivity contribution is 0.531. The van der Waals surface area contributed by atoms with Crippen LogP contribution in [0.15, 0.2) is 12.3 Å². The van der Waals surface area contributed by atoms with E-state index in [2.05, 4.69) is 23.3 Å². The van der Waals surface area contributed by atoms with Crippen molar-refractivity contribution in [1.29, 1.82) is 5.26 Å². The maximum Gasteiger partial charge on any atom is 0.144 e. The molecule has 0 aromatic carbocycles. The fourth-order valence-corrected chi connectivity index (χ4v) is 2.36. The first-order valence-electron chi connectivity index (χ1n) is 5.78. The predicted octanol–water partition coefficient (Wildman–Crippen LogP) is 3.01. The van der Waals surface area contributed by atoms with E-state index in [0.717, 1.165) is 24.2 Å². The minimum atomic E-state index is 0.117. The van der Waals surface area contributed by atoms with Crippen LogP contribution >= 0.6 is 0 Å². The number of pyridine rings is 1. The summed E-state index contributed by atoms with van der Waals surface area (Å²) in [6.07, 6.45) is 6.60. The molecule has 1 aliphatic carbocycles. The monoisotopic (exact) mass is 215 g/mol. The second-order valence-corrected chi connectivity index (χ2v) is 4.86. The average molecular weight is 215 g/mol. The van der Waals surface area contributed by atoms with Crippen LogP contribution in [0.4, 0.5) is 5.82 Å². The molecule has 1 N–H and O–H groups in total. The molecule has 0 atom stereocenters. The molecule has 0 spiro atoms. The highest BCUT2D eigenvalue weighted by Gasteiger charge is 2.29. The lowest BCUT2D eigenvalue weighted by atomic mass is 10.00. The second-order valence-electron chi connectivity index (χ2n) is 4.86. The van der Waals surface area contributed by atoms with Gasteiger partial charge in [-0.1, -0.05) is 12.8 Å². The van der Waals surface area contributed by atoms with Crippen LogP contribution in [0, 0.1) is 18.3 Å². The molecule has 1 aromatic heterocycles. The maximum absolute atomic E-state index is 9.13. The largest absolute Gasteiger partial charge is 0.364 e. The van der Waals surface area contributed by atoms with Gasteiger partial charge in [0.05, 0.1) is 5.56 Å². The van der Waals surface area contributed by atoms with Crippen LogP contribution in [0.2, 0.25) is 0 Å². The van der Waals surface area contributed by atoms with Crippen molar-refractivity contribution >= 4 is 5.82 Å². The number of aromatic nitrogens is 1. The van der Waals surface area contributed by atoms with E-state index in [4.69, 9.17) is 5.26 Å². The van der Waals surface area contributed by atoms with Crippen LogP contribution in [0.5, 0.6) is 0 Å². The second kappa shape index (κ2) is 4.13. The lowest BCUT2D eigenvalue weighted by Gasteiger charge is -2.26. The average Bonchev–Trinajstić information content (AvgIpc) is 2.65. The SMILES string of the molecule is Cc1ccnc(NC2(C)CCCC2)c1C#N. The van der Waals surface area contributed by atoms with Gasteiger partial charge in [-0.2, -0.15) is 5.26 Å². The number of rotatable bonds is 2. The Hall–Kier alpha value is -1.56. The fourth-order valence-electron chi connectivity index (χ4n) is 2.36. The van der Waals surface area contributed by atoms with Crippen molar-refractivity contribution in [3.05, 3.63) is 23.4 Å². The summed E-state index contributed by atoms with van der Waals surface area (Å²) in [4.78, 5) is 4.29. The Morgan fingerprint density at radius 2 is 2.12 bits per heavy atom. The molecule has 3 nitrogen and oxygen atoms in total. The van der Waals surface area contributed by atoms with E-state index in [-0.39, 0.29) is 5.54 Å². The Morgan fingerprint density at radius 3 is 2.75 bits per heavy atom. The van der Waals surface area contributed by atoms with Gasteiger partial charge >= 0.3 is 0 Å².